The molecule has 0 spiro atoms. The number of hydrogen-bond donors (Lipinski definition) is 1. The van der Waals surface area contributed by atoms with E-state index in [4.69, 9.17) is 15.6 Å². The van der Waals surface area contributed by atoms with Gasteiger partial charge in [0.25, 0.3) is 0 Å². The van der Waals surface area contributed by atoms with Crippen LogP contribution in [0.1, 0.15) is 18.4 Å². The molecule has 0 aliphatic rings. The Morgan fingerprint density at radius 3 is 2.07 bits per heavy atom. The summed E-state index contributed by atoms with van der Waals surface area (Å²) in [5.41, 5.74) is 0.885. The zero-order chi connectivity index (χ0) is 10.6. The minimum absolute atomic E-state index is 0.134. The van der Waals surface area contributed by atoms with Crippen LogP contribution in [0.3, 0.4) is 0 Å². The first kappa shape index (κ1) is 10.1. The lowest BCUT2D eigenvalue weighted by atomic mass is 9.90. The molecule has 0 radical (unpaired) electrons. The lowest BCUT2D eigenvalue weighted by molar-refractivity contribution is 0.474. The van der Waals surface area contributed by atoms with E-state index in [2.05, 4.69) is 0 Å². The van der Waals surface area contributed by atoms with Crippen molar-refractivity contribution in [3.8, 4) is 17.9 Å². The van der Waals surface area contributed by atoms with Gasteiger partial charge in [0.15, 0.2) is 0 Å². The van der Waals surface area contributed by atoms with Gasteiger partial charge in [-0.15, -0.1) is 0 Å². The molecule has 0 bridgehead atoms. The molecule has 1 rings (SSSR count). The van der Waals surface area contributed by atoms with Crippen molar-refractivity contribution in [1.29, 1.82) is 10.5 Å². The van der Waals surface area contributed by atoms with E-state index in [-0.39, 0.29) is 11.7 Å². The summed E-state index contributed by atoms with van der Waals surface area (Å²) in [6.45, 7) is 1.82. The Hall–Kier alpha value is -2.00. The van der Waals surface area contributed by atoms with Crippen molar-refractivity contribution in [3.63, 3.8) is 0 Å². The number of rotatable bonds is 2. The molecule has 0 amide bonds. The molecular weight excluding hydrogens is 176 g/mol. The molecule has 70 valence electrons. The van der Waals surface area contributed by atoms with Gasteiger partial charge in [-0.05, 0) is 17.7 Å². The molecule has 0 heterocycles. The number of phenolic OH excluding ortho intramolecular Hbond substituents is 1. The fourth-order valence-corrected chi connectivity index (χ4v) is 1.22. The third-order valence-corrected chi connectivity index (χ3v) is 2.20. The summed E-state index contributed by atoms with van der Waals surface area (Å²) in [5, 5.41) is 26.4. The summed E-state index contributed by atoms with van der Waals surface area (Å²) >= 11 is 0. The van der Waals surface area contributed by atoms with Crippen LogP contribution in [0.15, 0.2) is 24.3 Å². The second-order valence-corrected chi connectivity index (χ2v) is 3.12. The molecule has 3 nitrogen and oxygen atoms in total. The number of nitrogens with zero attached hydrogens (tertiary/aromatic N) is 2. The van der Waals surface area contributed by atoms with Gasteiger partial charge >= 0.3 is 0 Å². The third-order valence-electron chi connectivity index (χ3n) is 2.20. The van der Waals surface area contributed by atoms with Gasteiger partial charge in [0.2, 0.25) is 0 Å². The van der Waals surface area contributed by atoms with E-state index in [9.17, 15) is 0 Å². The van der Waals surface area contributed by atoms with Crippen LogP contribution in [0, 0.1) is 28.6 Å². The lowest BCUT2D eigenvalue weighted by Crippen LogP contribution is -2.05. The molecule has 1 aromatic rings. The zero-order valence-corrected chi connectivity index (χ0v) is 7.81. The maximum absolute atomic E-state index is 9.06. The van der Waals surface area contributed by atoms with Crippen LogP contribution < -0.4 is 0 Å². The van der Waals surface area contributed by atoms with E-state index in [1.165, 1.54) is 0 Å². The van der Waals surface area contributed by atoms with Crippen LogP contribution in [0.5, 0.6) is 5.75 Å². The minimum atomic E-state index is -0.639. The summed E-state index contributed by atoms with van der Waals surface area (Å²) in [4.78, 5) is 0. The molecule has 1 unspecified atom stereocenters. The molecule has 0 fully saturated rings. The van der Waals surface area contributed by atoms with Gasteiger partial charge in [-0.25, -0.2) is 0 Å². The quantitative estimate of drug-likeness (QED) is 0.769. The highest BCUT2D eigenvalue weighted by Gasteiger charge is 2.17. The standard InChI is InChI=1S/C11H10N2O/c1-8(10(6-12)7-13)9-2-4-11(14)5-3-9/h2-5,8,10,14H,1H3. The van der Waals surface area contributed by atoms with Gasteiger partial charge in [0, 0.05) is 5.92 Å². The molecule has 1 atom stereocenters. The van der Waals surface area contributed by atoms with Crippen molar-refractivity contribution in [1.82, 2.24) is 0 Å². The van der Waals surface area contributed by atoms with Gasteiger partial charge < -0.3 is 5.11 Å². The number of phenols is 1. The van der Waals surface area contributed by atoms with Gasteiger partial charge in [-0.2, -0.15) is 10.5 Å². The predicted molar refractivity (Wildman–Crippen MR) is 51.2 cm³/mol. The average molecular weight is 186 g/mol. The second kappa shape index (κ2) is 4.30. The Morgan fingerprint density at radius 1 is 1.14 bits per heavy atom. The molecule has 1 aromatic carbocycles. The van der Waals surface area contributed by atoms with Gasteiger partial charge in [0.05, 0.1) is 12.1 Å². The number of benzene rings is 1. The fraction of sp³-hybridized carbons (Fsp3) is 0.273. The van der Waals surface area contributed by atoms with Crippen molar-refractivity contribution in [2.45, 2.75) is 12.8 Å². The molecule has 14 heavy (non-hydrogen) atoms. The maximum Gasteiger partial charge on any atom is 0.139 e. The first-order valence-electron chi connectivity index (χ1n) is 4.27. The van der Waals surface area contributed by atoms with E-state index in [0.29, 0.717) is 0 Å². The normalized spacial score (nSPS) is 11.7. The van der Waals surface area contributed by atoms with E-state index < -0.39 is 5.92 Å². The number of nitriles is 2. The van der Waals surface area contributed by atoms with Crippen LogP contribution in [0.25, 0.3) is 0 Å². The Balaban J connectivity index is 2.91. The average Bonchev–Trinajstić information content (AvgIpc) is 2.20. The van der Waals surface area contributed by atoms with Gasteiger partial charge in [-0.3, -0.25) is 0 Å². The topological polar surface area (TPSA) is 67.8 Å². The minimum Gasteiger partial charge on any atom is -0.508 e. The molecule has 0 aliphatic heterocycles. The summed E-state index contributed by atoms with van der Waals surface area (Å²) < 4.78 is 0. The van der Waals surface area contributed by atoms with E-state index in [1.807, 2.05) is 19.1 Å². The van der Waals surface area contributed by atoms with Crippen molar-refractivity contribution in [3.05, 3.63) is 29.8 Å². The van der Waals surface area contributed by atoms with Crippen molar-refractivity contribution in [2.75, 3.05) is 0 Å². The maximum atomic E-state index is 9.06. The largest absolute Gasteiger partial charge is 0.508 e. The predicted octanol–water partition coefficient (Wildman–Crippen LogP) is 2.16. The van der Waals surface area contributed by atoms with E-state index >= 15 is 0 Å². The first-order chi connectivity index (χ1) is 6.69. The van der Waals surface area contributed by atoms with Crippen LogP contribution in [0.4, 0.5) is 0 Å². The molecular formula is C11H10N2O. The fourth-order valence-electron chi connectivity index (χ4n) is 1.22. The van der Waals surface area contributed by atoms with E-state index in [1.54, 1.807) is 24.3 Å². The molecule has 0 aliphatic carbocycles. The Morgan fingerprint density at radius 2 is 1.64 bits per heavy atom. The van der Waals surface area contributed by atoms with Crippen molar-refractivity contribution >= 4 is 0 Å². The molecule has 0 saturated heterocycles. The van der Waals surface area contributed by atoms with Gasteiger partial charge in [0.1, 0.15) is 11.7 Å². The van der Waals surface area contributed by atoms with Crippen LogP contribution >= 0.6 is 0 Å². The molecule has 3 heteroatoms. The highest BCUT2D eigenvalue weighted by molar-refractivity contribution is 5.30. The van der Waals surface area contributed by atoms with Crippen molar-refractivity contribution < 1.29 is 5.11 Å². The Kier molecular flexibility index (Phi) is 3.09. The van der Waals surface area contributed by atoms with Gasteiger partial charge in [-0.1, -0.05) is 19.1 Å². The monoisotopic (exact) mass is 186 g/mol. The summed E-state index contributed by atoms with van der Waals surface area (Å²) in [5.74, 6) is -0.587. The highest BCUT2D eigenvalue weighted by Crippen LogP contribution is 2.24. The second-order valence-electron chi connectivity index (χ2n) is 3.12. The lowest BCUT2D eigenvalue weighted by Gasteiger charge is -2.11. The zero-order valence-electron chi connectivity index (χ0n) is 7.81. The molecule has 0 saturated carbocycles. The molecule has 0 aromatic heterocycles. The Labute approximate surface area is 82.8 Å². The van der Waals surface area contributed by atoms with Crippen LogP contribution in [0.2, 0.25) is 0 Å². The first-order valence-corrected chi connectivity index (χ1v) is 4.27. The van der Waals surface area contributed by atoms with E-state index in [0.717, 1.165) is 5.56 Å². The summed E-state index contributed by atoms with van der Waals surface area (Å²) in [6, 6.07) is 10.4. The SMILES string of the molecule is CC(c1ccc(O)cc1)C(C#N)C#N. The van der Waals surface area contributed by atoms with Crippen LogP contribution in [-0.2, 0) is 0 Å². The molecule has 1 N–H and O–H groups in total. The summed E-state index contributed by atoms with van der Waals surface area (Å²) in [6.07, 6.45) is 0. The number of aromatic hydroxyl groups is 1. The Bertz CT molecular complexity index is 369. The highest BCUT2D eigenvalue weighted by atomic mass is 16.3. The summed E-state index contributed by atoms with van der Waals surface area (Å²) in [7, 11) is 0. The van der Waals surface area contributed by atoms with Crippen molar-refractivity contribution in [2.24, 2.45) is 5.92 Å². The smallest absolute Gasteiger partial charge is 0.139 e. The third kappa shape index (κ3) is 2.02. The number of hydrogen-bond acceptors (Lipinski definition) is 3. The van der Waals surface area contributed by atoms with Crippen LogP contribution in [-0.4, -0.2) is 5.11 Å².